The smallest absolute Gasteiger partial charge is 0.305 e. The summed E-state index contributed by atoms with van der Waals surface area (Å²) in [5, 5.41) is 4.58. The minimum Gasteiger partial charge on any atom is -0.466 e. The molecule has 28 heavy (non-hydrogen) atoms. The molecule has 146 valence electrons. The summed E-state index contributed by atoms with van der Waals surface area (Å²) in [7, 11) is 0. The monoisotopic (exact) mass is 415 g/mol. The zero-order valence-electron chi connectivity index (χ0n) is 15.5. The Morgan fingerprint density at radius 3 is 2.82 bits per heavy atom. The van der Waals surface area contributed by atoms with Gasteiger partial charge in [-0.25, -0.2) is 9.97 Å². The maximum Gasteiger partial charge on any atom is 0.305 e. The third-order valence-corrected chi connectivity index (χ3v) is 5.97. The number of fused-ring (bicyclic) bond motifs is 1. The van der Waals surface area contributed by atoms with Crippen LogP contribution in [0.15, 0.2) is 47.8 Å². The maximum atomic E-state index is 12.1. The van der Waals surface area contributed by atoms with E-state index in [1.807, 2.05) is 18.2 Å². The molecule has 0 saturated carbocycles. The highest BCUT2D eigenvalue weighted by atomic mass is 32.2. The predicted molar refractivity (Wildman–Crippen MR) is 112 cm³/mol. The molecule has 0 fully saturated rings. The largest absolute Gasteiger partial charge is 0.466 e. The van der Waals surface area contributed by atoms with Gasteiger partial charge in [0, 0.05) is 23.2 Å². The Hall–Kier alpha value is -2.45. The molecule has 0 unspecified atom stereocenters. The number of aromatic nitrogens is 2. The Labute approximate surface area is 171 Å². The number of rotatable bonds is 9. The number of ether oxygens (including phenoxy) is 1. The molecule has 3 rings (SSSR count). The van der Waals surface area contributed by atoms with E-state index in [1.54, 1.807) is 18.3 Å². The van der Waals surface area contributed by atoms with Gasteiger partial charge in [0.15, 0.2) is 0 Å². The first-order valence-corrected chi connectivity index (χ1v) is 10.8. The molecular formula is C20H21N3O3S2. The minimum absolute atomic E-state index is 0.0841. The van der Waals surface area contributed by atoms with Crippen molar-refractivity contribution in [3.05, 3.63) is 42.7 Å². The van der Waals surface area contributed by atoms with E-state index < -0.39 is 0 Å². The predicted octanol–water partition coefficient (Wildman–Crippen LogP) is 3.91. The fraction of sp³-hybridized carbons (Fsp3) is 0.300. The highest BCUT2D eigenvalue weighted by molar-refractivity contribution is 8.00. The van der Waals surface area contributed by atoms with Crippen molar-refractivity contribution in [2.75, 3.05) is 18.9 Å². The van der Waals surface area contributed by atoms with E-state index in [-0.39, 0.29) is 17.6 Å². The van der Waals surface area contributed by atoms with Crippen LogP contribution in [0.2, 0.25) is 0 Å². The van der Waals surface area contributed by atoms with Gasteiger partial charge in [0.1, 0.15) is 16.2 Å². The summed E-state index contributed by atoms with van der Waals surface area (Å²) in [6.45, 7) is 2.61. The van der Waals surface area contributed by atoms with Crippen molar-refractivity contribution in [3.63, 3.8) is 0 Å². The molecule has 2 heterocycles. The normalized spacial score (nSPS) is 10.8. The van der Waals surface area contributed by atoms with E-state index in [4.69, 9.17) is 4.74 Å². The van der Waals surface area contributed by atoms with Gasteiger partial charge in [-0.05, 0) is 25.0 Å². The lowest BCUT2D eigenvalue weighted by Gasteiger charge is -2.05. The second-order valence-electron chi connectivity index (χ2n) is 5.92. The first-order chi connectivity index (χ1) is 13.7. The molecule has 0 saturated heterocycles. The number of carbonyl (C=O) groups is 2. The van der Waals surface area contributed by atoms with Gasteiger partial charge in [-0.2, -0.15) is 0 Å². The van der Waals surface area contributed by atoms with Crippen LogP contribution in [-0.4, -0.2) is 40.7 Å². The first-order valence-electron chi connectivity index (χ1n) is 9.02. The molecule has 0 atom stereocenters. The molecule has 1 amide bonds. The molecule has 1 aromatic carbocycles. The van der Waals surface area contributed by atoms with E-state index in [0.29, 0.717) is 26.0 Å². The molecule has 6 nitrogen and oxygen atoms in total. The van der Waals surface area contributed by atoms with Crippen LogP contribution in [0.5, 0.6) is 0 Å². The van der Waals surface area contributed by atoms with Crippen molar-refractivity contribution in [3.8, 4) is 10.4 Å². The highest BCUT2D eigenvalue weighted by Gasteiger charge is 2.12. The number of nitrogens with zero attached hydrogens (tertiary/aromatic N) is 2. The van der Waals surface area contributed by atoms with Crippen molar-refractivity contribution in [2.24, 2.45) is 0 Å². The van der Waals surface area contributed by atoms with E-state index in [9.17, 15) is 9.59 Å². The quantitative estimate of drug-likeness (QED) is 0.247. The lowest BCUT2D eigenvalue weighted by molar-refractivity contribution is -0.143. The Morgan fingerprint density at radius 2 is 2.04 bits per heavy atom. The maximum absolute atomic E-state index is 12.1. The summed E-state index contributed by atoms with van der Waals surface area (Å²) in [4.78, 5) is 34.1. The molecule has 2 aromatic heterocycles. The third kappa shape index (κ3) is 5.53. The number of amides is 1. The number of hydrogen-bond acceptors (Lipinski definition) is 7. The van der Waals surface area contributed by atoms with E-state index in [1.165, 1.54) is 18.1 Å². The topological polar surface area (TPSA) is 81.2 Å². The Balaban J connectivity index is 1.55. The fourth-order valence-corrected chi connectivity index (χ4v) is 4.44. The highest BCUT2D eigenvalue weighted by Crippen LogP contribution is 2.35. The van der Waals surface area contributed by atoms with Crippen LogP contribution in [0.1, 0.15) is 19.8 Å². The van der Waals surface area contributed by atoms with Crippen LogP contribution < -0.4 is 5.32 Å². The molecular weight excluding hydrogens is 394 g/mol. The van der Waals surface area contributed by atoms with Crippen molar-refractivity contribution >= 4 is 45.2 Å². The lowest BCUT2D eigenvalue weighted by atomic mass is 10.2. The molecule has 0 radical (unpaired) electrons. The number of esters is 1. The van der Waals surface area contributed by atoms with Gasteiger partial charge in [-0.15, -0.1) is 11.3 Å². The number of benzene rings is 1. The number of thiophene rings is 1. The summed E-state index contributed by atoms with van der Waals surface area (Å²) in [6, 6.07) is 12.2. The van der Waals surface area contributed by atoms with Gasteiger partial charge in [0.2, 0.25) is 5.91 Å². The van der Waals surface area contributed by atoms with Gasteiger partial charge >= 0.3 is 5.97 Å². The molecule has 3 aromatic rings. The summed E-state index contributed by atoms with van der Waals surface area (Å²) in [6.07, 6.45) is 2.41. The number of thioether (sulfide) groups is 1. The molecule has 0 aliphatic heterocycles. The van der Waals surface area contributed by atoms with Crippen molar-refractivity contribution < 1.29 is 14.3 Å². The molecule has 8 heteroatoms. The first kappa shape index (κ1) is 20.3. The van der Waals surface area contributed by atoms with Crippen LogP contribution in [0.4, 0.5) is 0 Å². The second kappa shape index (κ2) is 10.2. The summed E-state index contributed by atoms with van der Waals surface area (Å²) in [5.41, 5.74) is 1.14. The molecule has 1 N–H and O–H groups in total. The molecule has 0 aliphatic carbocycles. The van der Waals surface area contributed by atoms with Gasteiger partial charge in [0.25, 0.3) is 0 Å². The van der Waals surface area contributed by atoms with Gasteiger partial charge in [-0.3, -0.25) is 9.59 Å². The summed E-state index contributed by atoms with van der Waals surface area (Å²) in [5.74, 6) is -0.0532. The lowest BCUT2D eigenvalue weighted by Crippen LogP contribution is -2.26. The Kier molecular flexibility index (Phi) is 7.39. The minimum atomic E-state index is -0.235. The van der Waals surface area contributed by atoms with E-state index >= 15 is 0 Å². The van der Waals surface area contributed by atoms with Crippen LogP contribution in [0.25, 0.3) is 20.7 Å². The number of carbonyl (C=O) groups excluding carboxylic acids is 2. The van der Waals surface area contributed by atoms with Gasteiger partial charge in [0.05, 0.1) is 12.4 Å². The standard InChI is InChI=1S/C20H21N3O3S2/c1-2-26-18(25)9-6-10-21-17(24)12-27-19-15-11-16(14-7-4-3-5-8-14)28-20(15)23-13-22-19/h3-5,7-8,11,13H,2,6,9-10,12H2,1H3,(H,21,24). The van der Waals surface area contributed by atoms with Crippen LogP contribution in [0, 0.1) is 0 Å². The second-order valence-corrected chi connectivity index (χ2v) is 7.92. The van der Waals surface area contributed by atoms with Crippen LogP contribution in [-0.2, 0) is 14.3 Å². The zero-order chi connectivity index (χ0) is 19.8. The van der Waals surface area contributed by atoms with E-state index in [0.717, 1.165) is 25.7 Å². The summed E-state index contributed by atoms with van der Waals surface area (Å²) >= 11 is 3.00. The van der Waals surface area contributed by atoms with Crippen molar-refractivity contribution in [1.29, 1.82) is 0 Å². The molecule has 0 spiro atoms. The Morgan fingerprint density at radius 1 is 1.21 bits per heavy atom. The average Bonchev–Trinajstić information content (AvgIpc) is 3.15. The van der Waals surface area contributed by atoms with Crippen molar-refractivity contribution in [2.45, 2.75) is 24.8 Å². The summed E-state index contributed by atoms with van der Waals surface area (Å²) < 4.78 is 4.86. The van der Waals surface area contributed by atoms with Crippen LogP contribution >= 0.6 is 23.1 Å². The van der Waals surface area contributed by atoms with Crippen LogP contribution in [0.3, 0.4) is 0 Å². The molecule has 0 bridgehead atoms. The van der Waals surface area contributed by atoms with Crippen molar-refractivity contribution in [1.82, 2.24) is 15.3 Å². The number of nitrogens with one attached hydrogen (secondary N) is 1. The third-order valence-electron chi connectivity index (χ3n) is 3.88. The SMILES string of the molecule is CCOC(=O)CCCNC(=O)CSc1ncnc2sc(-c3ccccc3)cc12. The fourth-order valence-electron chi connectivity index (χ4n) is 2.57. The van der Waals surface area contributed by atoms with Gasteiger partial charge < -0.3 is 10.1 Å². The van der Waals surface area contributed by atoms with E-state index in [2.05, 4.69) is 33.5 Å². The average molecular weight is 416 g/mol. The Bertz CT molecular complexity index is 944. The molecule has 0 aliphatic rings. The van der Waals surface area contributed by atoms with Gasteiger partial charge in [-0.1, -0.05) is 42.1 Å². The number of hydrogen-bond donors (Lipinski definition) is 1. The zero-order valence-corrected chi connectivity index (χ0v) is 17.1.